The number of hydrogen-bond acceptors (Lipinski definition) is 4. The minimum atomic E-state index is 0.393. The second-order valence-electron chi connectivity index (χ2n) is 5.76. The third kappa shape index (κ3) is 2.53. The molecule has 2 atom stereocenters. The number of tetrazole rings is 1. The number of anilines is 1. The zero-order chi connectivity index (χ0) is 13.9. The second-order valence-corrected chi connectivity index (χ2v) is 5.76. The lowest BCUT2D eigenvalue weighted by molar-refractivity contribution is 0.306. The molecule has 1 heterocycles. The van der Waals surface area contributed by atoms with E-state index in [1.807, 2.05) is 28.9 Å². The predicted octanol–water partition coefficient (Wildman–Crippen LogP) is 3.06. The number of hydrogen-bond donors (Lipinski definition) is 1. The van der Waals surface area contributed by atoms with Gasteiger partial charge in [-0.1, -0.05) is 38.3 Å². The fourth-order valence-corrected chi connectivity index (χ4v) is 3.12. The molecule has 2 unspecified atom stereocenters. The van der Waals surface area contributed by atoms with Crippen LogP contribution in [0.2, 0.25) is 0 Å². The Kier molecular flexibility index (Phi) is 3.67. The van der Waals surface area contributed by atoms with E-state index < -0.39 is 0 Å². The molecule has 0 saturated heterocycles. The largest absolute Gasteiger partial charge is 0.399 e. The molecule has 3 rings (SSSR count). The van der Waals surface area contributed by atoms with Gasteiger partial charge in [0.05, 0.1) is 6.04 Å². The van der Waals surface area contributed by atoms with Crippen molar-refractivity contribution in [3.8, 4) is 11.4 Å². The van der Waals surface area contributed by atoms with E-state index in [-0.39, 0.29) is 0 Å². The third-order valence-electron chi connectivity index (χ3n) is 4.27. The Morgan fingerprint density at radius 2 is 2.05 bits per heavy atom. The van der Waals surface area contributed by atoms with E-state index in [0.717, 1.165) is 23.5 Å². The molecule has 0 amide bonds. The smallest absolute Gasteiger partial charge is 0.182 e. The Morgan fingerprint density at radius 3 is 2.90 bits per heavy atom. The van der Waals surface area contributed by atoms with Crippen LogP contribution in [0.15, 0.2) is 24.3 Å². The molecule has 1 aromatic heterocycles. The molecule has 2 aromatic rings. The van der Waals surface area contributed by atoms with Gasteiger partial charge in [0, 0.05) is 11.3 Å². The van der Waals surface area contributed by atoms with Gasteiger partial charge in [-0.3, -0.25) is 0 Å². The maximum atomic E-state index is 5.87. The summed E-state index contributed by atoms with van der Waals surface area (Å²) in [7, 11) is 0. The van der Waals surface area contributed by atoms with E-state index in [0.29, 0.717) is 12.0 Å². The summed E-state index contributed by atoms with van der Waals surface area (Å²) in [6.07, 6.45) is 6.29. The summed E-state index contributed by atoms with van der Waals surface area (Å²) in [6.45, 7) is 2.31. The zero-order valence-electron chi connectivity index (χ0n) is 11.9. The molecule has 2 N–H and O–H groups in total. The van der Waals surface area contributed by atoms with Crippen LogP contribution in [0.3, 0.4) is 0 Å². The first-order valence-electron chi connectivity index (χ1n) is 7.39. The van der Waals surface area contributed by atoms with Crippen LogP contribution in [0.1, 0.15) is 45.1 Å². The number of nitrogens with zero attached hydrogens (tertiary/aromatic N) is 4. The lowest BCUT2D eigenvalue weighted by atomic mass is 9.97. The van der Waals surface area contributed by atoms with Crippen molar-refractivity contribution in [1.82, 2.24) is 20.2 Å². The standard InChI is InChI=1S/C15H21N5/c1-11-6-3-2-4-9-14(11)20-15(17-18-19-20)12-7-5-8-13(16)10-12/h5,7-8,10-11,14H,2-4,6,9,16H2,1H3. The quantitative estimate of drug-likeness (QED) is 0.673. The maximum absolute atomic E-state index is 5.87. The first kappa shape index (κ1) is 13.1. The molecule has 0 radical (unpaired) electrons. The Bertz CT molecular complexity index is 577. The summed E-state index contributed by atoms with van der Waals surface area (Å²) in [4.78, 5) is 0. The number of aromatic nitrogens is 4. The monoisotopic (exact) mass is 271 g/mol. The van der Waals surface area contributed by atoms with Crippen molar-refractivity contribution in [2.45, 2.75) is 45.1 Å². The molecule has 20 heavy (non-hydrogen) atoms. The minimum Gasteiger partial charge on any atom is -0.399 e. The van der Waals surface area contributed by atoms with Crippen LogP contribution in [0, 0.1) is 5.92 Å². The number of benzene rings is 1. The van der Waals surface area contributed by atoms with Gasteiger partial charge < -0.3 is 5.73 Å². The van der Waals surface area contributed by atoms with E-state index in [9.17, 15) is 0 Å². The van der Waals surface area contributed by atoms with Gasteiger partial charge >= 0.3 is 0 Å². The van der Waals surface area contributed by atoms with Crippen molar-refractivity contribution in [3.05, 3.63) is 24.3 Å². The molecule has 1 aliphatic carbocycles. The SMILES string of the molecule is CC1CCCCCC1n1nnnc1-c1cccc(N)c1. The predicted molar refractivity (Wildman–Crippen MR) is 79.0 cm³/mol. The van der Waals surface area contributed by atoms with Gasteiger partial charge in [-0.25, -0.2) is 4.68 Å². The molecule has 5 nitrogen and oxygen atoms in total. The van der Waals surface area contributed by atoms with Gasteiger partial charge in [0.15, 0.2) is 5.82 Å². The molecule has 1 aliphatic rings. The summed E-state index contributed by atoms with van der Waals surface area (Å²) < 4.78 is 2.00. The van der Waals surface area contributed by atoms with Gasteiger partial charge in [-0.15, -0.1) is 5.10 Å². The van der Waals surface area contributed by atoms with Crippen LogP contribution >= 0.6 is 0 Å². The lowest BCUT2D eigenvalue weighted by Crippen LogP contribution is -2.18. The summed E-state index contributed by atoms with van der Waals surface area (Å²) in [5, 5.41) is 12.4. The first-order valence-corrected chi connectivity index (χ1v) is 7.39. The van der Waals surface area contributed by atoms with Crippen molar-refractivity contribution >= 4 is 5.69 Å². The Morgan fingerprint density at radius 1 is 1.20 bits per heavy atom. The highest BCUT2D eigenvalue weighted by molar-refractivity contribution is 5.60. The van der Waals surface area contributed by atoms with Crippen molar-refractivity contribution < 1.29 is 0 Å². The van der Waals surface area contributed by atoms with Crippen LogP contribution in [0.5, 0.6) is 0 Å². The van der Waals surface area contributed by atoms with Crippen LogP contribution in [-0.2, 0) is 0 Å². The molecular formula is C15H21N5. The van der Waals surface area contributed by atoms with E-state index in [1.54, 1.807) is 0 Å². The first-order chi connectivity index (χ1) is 9.75. The van der Waals surface area contributed by atoms with Crippen molar-refractivity contribution in [2.75, 3.05) is 5.73 Å². The van der Waals surface area contributed by atoms with Crippen molar-refractivity contribution in [3.63, 3.8) is 0 Å². The summed E-state index contributed by atoms with van der Waals surface area (Å²) in [6, 6.07) is 8.17. The highest BCUT2D eigenvalue weighted by Gasteiger charge is 2.25. The summed E-state index contributed by atoms with van der Waals surface area (Å²) in [5.41, 5.74) is 7.60. The van der Waals surface area contributed by atoms with Gasteiger partial charge in [0.1, 0.15) is 0 Å². The molecule has 1 aromatic carbocycles. The highest BCUT2D eigenvalue weighted by atomic mass is 15.5. The molecule has 0 aliphatic heterocycles. The number of nitrogen functional groups attached to an aromatic ring is 1. The number of nitrogens with two attached hydrogens (primary N) is 1. The molecule has 0 bridgehead atoms. The summed E-state index contributed by atoms with van der Waals surface area (Å²) >= 11 is 0. The topological polar surface area (TPSA) is 69.6 Å². The van der Waals surface area contributed by atoms with Crippen LogP contribution in [-0.4, -0.2) is 20.2 Å². The van der Waals surface area contributed by atoms with Crippen molar-refractivity contribution in [1.29, 1.82) is 0 Å². The molecular weight excluding hydrogens is 250 g/mol. The zero-order valence-corrected chi connectivity index (χ0v) is 11.9. The Balaban J connectivity index is 1.97. The summed E-state index contributed by atoms with van der Waals surface area (Å²) in [5.74, 6) is 1.44. The Hall–Kier alpha value is -1.91. The molecule has 1 fully saturated rings. The molecule has 0 spiro atoms. The fraction of sp³-hybridized carbons (Fsp3) is 0.533. The normalized spacial score (nSPS) is 23.4. The molecule has 5 heteroatoms. The van der Waals surface area contributed by atoms with Crippen LogP contribution in [0.4, 0.5) is 5.69 Å². The van der Waals surface area contributed by atoms with Gasteiger partial charge in [0.25, 0.3) is 0 Å². The van der Waals surface area contributed by atoms with E-state index >= 15 is 0 Å². The maximum Gasteiger partial charge on any atom is 0.182 e. The average molecular weight is 271 g/mol. The molecule has 106 valence electrons. The Labute approximate surface area is 119 Å². The van der Waals surface area contributed by atoms with Crippen molar-refractivity contribution in [2.24, 2.45) is 5.92 Å². The highest BCUT2D eigenvalue weighted by Crippen LogP contribution is 2.34. The van der Waals surface area contributed by atoms with Crippen LogP contribution < -0.4 is 5.73 Å². The van der Waals surface area contributed by atoms with E-state index in [2.05, 4.69) is 22.4 Å². The average Bonchev–Trinajstić information content (AvgIpc) is 2.82. The van der Waals surface area contributed by atoms with Crippen LogP contribution in [0.25, 0.3) is 11.4 Å². The van der Waals surface area contributed by atoms with Gasteiger partial charge in [0.2, 0.25) is 0 Å². The van der Waals surface area contributed by atoms with E-state index in [1.165, 1.54) is 25.7 Å². The minimum absolute atomic E-state index is 0.393. The molecule has 1 saturated carbocycles. The third-order valence-corrected chi connectivity index (χ3v) is 4.27. The fourth-order valence-electron chi connectivity index (χ4n) is 3.12. The van der Waals surface area contributed by atoms with Gasteiger partial charge in [-0.05, 0) is 41.3 Å². The van der Waals surface area contributed by atoms with Gasteiger partial charge in [-0.2, -0.15) is 0 Å². The lowest BCUT2D eigenvalue weighted by Gasteiger charge is -2.22. The number of rotatable bonds is 2. The second kappa shape index (κ2) is 5.61. The van der Waals surface area contributed by atoms with E-state index in [4.69, 9.17) is 5.73 Å².